The summed E-state index contributed by atoms with van der Waals surface area (Å²) in [6.07, 6.45) is 1.59. The second kappa shape index (κ2) is 5.13. The number of carbonyl (C=O) groups is 1. The van der Waals surface area contributed by atoms with Gasteiger partial charge in [-0.2, -0.15) is 5.26 Å². The Morgan fingerprint density at radius 1 is 1.38 bits per heavy atom. The van der Waals surface area contributed by atoms with Gasteiger partial charge in [0.25, 0.3) is 5.91 Å². The van der Waals surface area contributed by atoms with Gasteiger partial charge in [-0.1, -0.05) is 18.2 Å². The first-order valence-corrected chi connectivity index (χ1v) is 4.99. The van der Waals surface area contributed by atoms with E-state index in [4.69, 9.17) is 5.26 Å². The van der Waals surface area contributed by atoms with Crippen molar-refractivity contribution in [2.24, 2.45) is 0 Å². The fourth-order valence-corrected chi connectivity index (χ4v) is 1.30. The number of rotatable bonds is 2. The Bertz CT molecular complexity index is 481. The maximum Gasteiger partial charge on any atom is 0.261 e. The molecule has 0 aliphatic rings. The number of nitriles is 1. The highest BCUT2D eigenvalue weighted by Crippen LogP contribution is 2.12. The molecule has 1 N–H and O–H groups in total. The first-order chi connectivity index (χ1) is 7.58. The van der Waals surface area contributed by atoms with Gasteiger partial charge in [0.1, 0.15) is 11.6 Å². The quantitative estimate of drug-likeness (QED) is 0.604. The lowest BCUT2D eigenvalue weighted by Crippen LogP contribution is -2.19. The summed E-state index contributed by atoms with van der Waals surface area (Å²) in [5.41, 5.74) is 3.31. The predicted octanol–water partition coefficient (Wildman–Crippen LogP) is 1.96. The van der Waals surface area contributed by atoms with Crippen molar-refractivity contribution in [2.45, 2.75) is 13.8 Å². The molecule has 3 nitrogen and oxygen atoms in total. The monoisotopic (exact) mass is 214 g/mol. The smallest absolute Gasteiger partial charge is 0.261 e. The van der Waals surface area contributed by atoms with E-state index in [0.29, 0.717) is 0 Å². The van der Waals surface area contributed by atoms with Crippen LogP contribution >= 0.6 is 0 Å². The highest BCUT2D eigenvalue weighted by molar-refractivity contribution is 6.01. The fourth-order valence-electron chi connectivity index (χ4n) is 1.30. The van der Waals surface area contributed by atoms with Crippen molar-refractivity contribution in [3.05, 3.63) is 40.5 Å². The van der Waals surface area contributed by atoms with Crippen molar-refractivity contribution >= 4 is 12.0 Å². The third-order valence-electron chi connectivity index (χ3n) is 2.43. The van der Waals surface area contributed by atoms with E-state index in [9.17, 15) is 4.79 Å². The zero-order valence-electron chi connectivity index (χ0n) is 9.66. The predicted molar refractivity (Wildman–Crippen MR) is 63.6 cm³/mol. The highest BCUT2D eigenvalue weighted by atomic mass is 16.1. The van der Waals surface area contributed by atoms with Gasteiger partial charge in [0, 0.05) is 7.05 Å². The number of amides is 1. The van der Waals surface area contributed by atoms with Gasteiger partial charge < -0.3 is 5.32 Å². The topological polar surface area (TPSA) is 52.9 Å². The van der Waals surface area contributed by atoms with E-state index in [1.54, 1.807) is 6.08 Å². The molecule has 0 aliphatic carbocycles. The molecule has 0 bridgehead atoms. The van der Waals surface area contributed by atoms with Crippen molar-refractivity contribution in [2.75, 3.05) is 7.05 Å². The van der Waals surface area contributed by atoms with Crippen molar-refractivity contribution in [1.82, 2.24) is 5.32 Å². The van der Waals surface area contributed by atoms with E-state index in [-0.39, 0.29) is 11.5 Å². The molecule has 1 aromatic rings. The highest BCUT2D eigenvalue weighted by Gasteiger charge is 2.06. The molecular weight excluding hydrogens is 200 g/mol. The van der Waals surface area contributed by atoms with Gasteiger partial charge in [-0.15, -0.1) is 0 Å². The number of likely N-dealkylation sites (N-methyl/N-ethyl adjacent to an activating group) is 1. The molecule has 0 fully saturated rings. The summed E-state index contributed by atoms with van der Waals surface area (Å²) < 4.78 is 0. The Morgan fingerprint density at radius 2 is 2.06 bits per heavy atom. The number of nitrogens with one attached hydrogen (secondary N) is 1. The fraction of sp³-hybridized carbons (Fsp3) is 0.231. The average Bonchev–Trinajstić information content (AvgIpc) is 2.29. The first kappa shape index (κ1) is 12.0. The Labute approximate surface area is 95.4 Å². The number of hydrogen-bond acceptors (Lipinski definition) is 2. The van der Waals surface area contributed by atoms with Crippen molar-refractivity contribution < 1.29 is 4.79 Å². The molecule has 0 atom stereocenters. The third-order valence-corrected chi connectivity index (χ3v) is 2.43. The third kappa shape index (κ3) is 2.71. The van der Waals surface area contributed by atoms with E-state index in [1.165, 1.54) is 12.6 Å². The summed E-state index contributed by atoms with van der Waals surface area (Å²) in [6, 6.07) is 7.70. The Morgan fingerprint density at radius 3 is 2.56 bits per heavy atom. The molecule has 0 radical (unpaired) electrons. The average molecular weight is 214 g/mol. The van der Waals surface area contributed by atoms with E-state index in [1.807, 2.05) is 38.1 Å². The Kier molecular flexibility index (Phi) is 3.84. The maximum absolute atomic E-state index is 11.3. The lowest BCUT2D eigenvalue weighted by molar-refractivity contribution is -0.116. The van der Waals surface area contributed by atoms with E-state index in [0.717, 1.165) is 11.1 Å². The molecule has 16 heavy (non-hydrogen) atoms. The van der Waals surface area contributed by atoms with Crippen molar-refractivity contribution in [3.63, 3.8) is 0 Å². The number of nitrogens with zero attached hydrogens (tertiary/aromatic N) is 1. The number of benzene rings is 1. The van der Waals surface area contributed by atoms with E-state index >= 15 is 0 Å². The van der Waals surface area contributed by atoms with Crippen LogP contribution in [0.1, 0.15) is 16.7 Å². The maximum atomic E-state index is 11.3. The summed E-state index contributed by atoms with van der Waals surface area (Å²) in [5, 5.41) is 11.3. The minimum atomic E-state index is -0.360. The molecule has 0 saturated heterocycles. The summed E-state index contributed by atoms with van der Waals surface area (Å²) in [6.45, 7) is 4.02. The molecule has 0 aromatic heterocycles. The molecule has 1 aromatic carbocycles. The molecule has 1 rings (SSSR count). The van der Waals surface area contributed by atoms with Crippen LogP contribution in [-0.4, -0.2) is 13.0 Å². The van der Waals surface area contributed by atoms with Crippen LogP contribution in [0.2, 0.25) is 0 Å². The minimum Gasteiger partial charge on any atom is -0.354 e. The lowest BCUT2D eigenvalue weighted by Gasteiger charge is -2.02. The molecule has 1 amide bonds. The second-order valence-corrected chi connectivity index (χ2v) is 3.59. The zero-order valence-corrected chi connectivity index (χ0v) is 9.66. The Hall–Kier alpha value is -2.08. The molecular formula is C13H14N2O. The summed E-state index contributed by atoms with van der Waals surface area (Å²) in [7, 11) is 1.51. The van der Waals surface area contributed by atoms with Crippen LogP contribution in [0.4, 0.5) is 0 Å². The first-order valence-electron chi connectivity index (χ1n) is 4.99. The van der Waals surface area contributed by atoms with Crippen LogP contribution in [0.5, 0.6) is 0 Å². The van der Waals surface area contributed by atoms with Crippen LogP contribution in [0.15, 0.2) is 23.8 Å². The molecule has 0 unspecified atom stereocenters. The van der Waals surface area contributed by atoms with Gasteiger partial charge in [0.05, 0.1) is 0 Å². The summed E-state index contributed by atoms with van der Waals surface area (Å²) in [5.74, 6) is -0.360. The largest absolute Gasteiger partial charge is 0.354 e. The number of hydrogen-bond donors (Lipinski definition) is 1. The molecule has 0 saturated carbocycles. The van der Waals surface area contributed by atoms with Gasteiger partial charge in [0.15, 0.2) is 0 Å². The van der Waals surface area contributed by atoms with Crippen LogP contribution in [0.3, 0.4) is 0 Å². The lowest BCUT2D eigenvalue weighted by atomic mass is 10.0. The van der Waals surface area contributed by atoms with Crippen LogP contribution in [0, 0.1) is 25.2 Å². The van der Waals surface area contributed by atoms with Crippen molar-refractivity contribution in [1.29, 1.82) is 5.26 Å². The summed E-state index contributed by atoms with van der Waals surface area (Å²) >= 11 is 0. The molecule has 0 heterocycles. The standard InChI is InChI=1S/C13H14N2O/c1-9-4-5-11(6-10(9)2)7-12(8-14)13(16)15-3/h4-7H,1-3H3,(H,15,16)/b12-7+. The van der Waals surface area contributed by atoms with E-state index in [2.05, 4.69) is 5.32 Å². The number of carbonyl (C=O) groups excluding carboxylic acids is 1. The van der Waals surface area contributed by atoms with Crippen LogP contribution in [0.25, 0.3) is 6.08 Å². The normalized spacial score (nSPS) is 10.8. The molecule has 0 spiro atoms. The van der Waals surface area contributed by atoms with Crippen molar-refractivity contribution in [3.8, 4) is 6.07 Å². The number of aryl methyl sites for hydroxylation is 2. The van der Waals surface area contributed by atoms with Crippen LogP contribution < -0.4 is 5.32 Å². The van der Waals surface area contributed by atoms with Gasteiger partial charge in [0.2, 0.25) is 0 Å². The van der Waals surface area contributed by atoms with Gasteiger partial charge in [-0.05, 0) is 36.6 Å². The molecule has 82 valence electrons. The van der Waals surface area contributed by atoms with E-state index < -0.39 is 0 Å². The SMILES string of the molecule is CNC(=O)/C(C#N)=C/c1ccc(C)c(C)c1. The minimum absolute atomic E-state index is 0.116. The summed E-state index contributed by atoms with van der Waals surface area (Å²) in [4.78, 5) is 11.3. The van der Waals surface area contributed by atoms with Crippen LogP contribution in [-0.2, 0) is 4.79 Å². The van der Waals surface area contributed by atoms with Gasteiger partial charge in [-0.3, -0.25) is 4.79 Å². The molecule has 3 heteroatoms. The van der Waals surface area contributed by atoms with Gasteiger partial charge in [-0.25, -0.2) is 0 Å². The van der Waals surface area contributed by atoms with Gasteiger partial charge >= 0.3 is 0 Å². The Balaban J connectivity index is 3.10. The molecule has 0 aliphatic heterocycles. The second-order valence-electron chi connectivity index (χ2n) is 3.59. The zero-order chi connectivity index (χ0) is 12.1.